The van der Waals surface area contributed by atoms with Crippen molar-refractivity contribution in [3.8, 4) is 11.1 Å². The third-order valence-electron chi connectivity index (χ3n) is 4.76. The number of carbonyl (C=O) groups is 1. The predicted molar refractivity (Wildman–Crippen MR) is 113 cm³/mol. The molecule has 1 amide bonds. The molecule has 0 saturated carbocycles. The smallest absolute Gasteiger partial charge is 0.271 e. The van der Waals surface area contributed by atoms with Crippen LogP contribution in [0.15, 0.2) is 53.2 Å². The van der Waals surface area contributed by atoms with E-state index < -0.39 is 16.9 Å². The Morgan fingerprint density at radius 3 is 2.70 bits per heavy atom. The summed E-state index contributed by atoms with van der Waals surface area (Å²) in [5, 5.41) is 0. The molecule has 0 fully saturated rings. The van der Waals surface area contributed by atoms with Gasteiger partial charge in [0.05, 0.1) is 17.6 Å². The summed E-state index contributed by atoms with van der Waals surface area (Å²) in [6, 6.07) is 9.73. The number of hydrogen-bond acceptors (Lipinski definition) is 5. The SMILES string of the molecule is Cc1c(-c2cccc(S(=O)[O-])c2)c2nc(C(=O)N(C)C)ccc2n1C/C(F)=C/CN. The van der Waals surface area contributed by atoms with E-state index in [1.54, 1.807) is 49.9 Å². The maximum absolute atomic E-state index is 14.3. The van der Waals surface area contributed by atoms with Crippen LogP contribution >= 0.6 is 0 Å². The van der Waals surface area contributed by atoms with E-state index in [0.29, 0.717) is 27.9 Å². The molecular formula is C21H22FN4O3S-. The van der Waals surface area contributed by atoms with Crippen LogP contribution in [0.4, 0.5) is 4.39 Å². The van der Waals surface area contributed by atoms with Crippen molar-refractivity contribution < 1.29 is 17.9 Å². The Bertz CT molecular complexity index is 1170. The van der Waals surface area contributed by atoms with Crippen LogP contribution in [0.3, 0.4) is 0 Å². The normalized spacial score (nSPS) is 12.9. The monoisotopic (exact) mass is 429 g/mol. The first-order valence-corrected chi connectivity index (χ1v) is 10.3. The molecule has 3 aromatic rings. The first-order chi connectivity index (χ1) is 14.2. The van der Waals surface area contributed by atoms with Crippen molar-refractivity contribution in [1.29, 1.82) is 0 Å². The number of nitrogens with two attached hydrogens (primary N) is 1. The summed E-state index contributed by atoms with van der Waals surface area (Å²) in [5.74, 6) is -0.663. The number of pyridine rings is 1. The molecule has 2 aromatic heterocycles. The average molecular weight is 429 g/mol. The van der Waals surface area contributed by atoms with E-state index in [4.69, 9.17) is 5.73 Å². The number of hydrogen-bond donors (Lipinski definition) is 1. The first kappa shape index (κ1) is 21.8. The van der Waals surface area contributed by atoms with Crippen LogP contribution in [-0.2, 0) is 17.6 Å². The Kier molecular flexibility index (Phi) is 6.45. The number of rotatable bonds is 6. The van der Waals surface area contributed by atoms with E-state index in [9.17, 15) is 17.9 Å². The van der Waals surface area contributed by atoms with Crippen LogP contribution < -0.4 is 5.73 Å². The number of carbonyl (C=O) groups excluding carboxylic acids is 1. The lowest BCUT2D eigenvalue weighted by molar-refractivity contribution is 0.0822. The van der Waals surface area contributed by atoms with Gasteiger partial charge in [-0.3, -0.25) is 9.00 Å². The van der Waals surface area contributed by atoms with Crippen molar-refractivity contribution in [1.82, 2.24) is 14.5 Å². The number of halogens is 1. The zero-order valence-electron chi connectivity index (χ0n) is 16.9. The number of amides is 1. The van der Waals surface area contributed by atoms with Crippen molar-refractivity contribution in [3.63, 3.8) is 0 Å². The molecule has 7 nitrogen and oxygen atoms in total. The van der Waals surface area contributed by atoms with E-state index in [1.807, 2.05) is 0 Å². The number of allylic oxidation sites excluding steroid dienone is 1. The van der Waals surface area contributed by atoms with Gasteiger partial charge in [0.2, 0.25) is 0 Å². The summed E-state index contributed by atoms with van der Waals surface area (Å²) in [7, 11) is 3.26. The van der Waals surface area contributed by atoms with Crippen LogP contribution in [0.5, 0.6) is 0 Å². The third kappa shape index (κ3) is 4.18. The Hall–Kier alpha value is -2.88. The topological polar surface area (TPSA) is 104 Å². The van der Waals surface area contributed by atoms with Crippen molar-refractivity contribution in [3.05, 3.63) is 59.7 Å². The molecule has 0 aliphatic heterocycles. The average Bonchev–Trinajstić information content (AvgIpc) is 2.98. The predicted octanol–water partition coefficient (Wildman–Crippen LogP) is 2.76. The highest BCUT2D eigenvalue weighted by molar-refractivity contribution is 7.79. The van der Waals surface area contributed by atoms with Crippen molar-refractivity contribution >= 4 is 28.0 Å². The maximum Gasteiger partial charge on any atom is 0.271 e. The zero-order chi connectivity index (χ0) is 22.0. The summed E-state index contributed by atoms with van der Waals surface area (Å²) >= 11 is -2.40. The Balaban J connectivity index is 2.30. The van der Waals surface area contributed by atoms with Crippen LogP contribution in [-0.4, -0.2) is 49.8 Å². The van der Waals surface area contributed by atoms with E-state index in [1.165, 1.54) is 23.1 Å². The molecule has 1 aromatic carbocycles. The highest BCUT2D eigenvalue weighted by Crippen LogP contribution is 2.35. The van der Waals surface area contributed by atoms with Crippen LogP contribution in [0.25, 0.3) is 22.2 Å². The highest BCUT2D eigenvalue weighted by Gasteiger charge is 2.20. The molecule has 0 radical (unpaired) electrons. The third-order valence-corrected chi connectivity index (χ3v) is 5.40. The van der Waals surface area contributed by atoms with Gasteiger partial charge in [-0.05, 0) is 53.9 Å². The van der Waals surface area contributed by atoms with Gasteiger partial charge < -0.3 is 19.8 Å². The minimum absolute atomic E-state index is 0.0463. The van der Waals surface area contributed by atoms with Crippen molar-refractivity contribution in [2.45, 2.75) is 18.4 Å². The van der Waals surface area contributed by atoms with Gasteiger partial charge in [0.15, 0.2) is 0 Å². The molecule has 0 spiro atoms. The van der Waals surface area contributed by atoms with Gasteiger partial charge in [-0.25, -0.2) is 9.37 Å². The number of aromatic nitrogens is 2. The van der Waals surface area contributed by atoms with Gasteiger partial charge >= 0.3 is 0 Å². The van der Waals surface area contributed by atoms with Gasteiger partial charge in [0, 0.05) is 36.8 Å². The molecular weight excluding hydrogens is 407 g/mol. The summed E-state index contributed by atoms with van der Waals surface area (Å²) < 4.78 is 38.9. The van der Waals surface area contributed by atoms with Crippen LogP contribution in [0, 0.1) is 6.92 Å². The molecule has 0 saturated heterocycles. The van der Waals surface area contributed by atoms with Crippen molar-refractivity contribution in [2.24, 2.45) is 5.73 Å². The van der Waals surface area contributed by atoms with E-state index >= 15 is 0 Å². The number of fused-ring (bicyclic) bond motifs is 1. The van der Waals surface area contributed by atoms with Gasteiger partial charge in [-0.1, -0.05) is 12.1 Å². The Labute approximate surface area is 176 Å². The molecule has 0 bridgehead atoms. The molecule has 1 unspecified atom stereocenters. The molecule has 158 valence electrons. The fourth-order valence-electron chi connectivity index (χ4n) is 3.34. The standard InChI is InChI=1S/C21H23FN4O3S/c1-13-19(14-5-4-6-16(11-14)30(28)29)20-18(26(13)12-15(22)9-10-23)8-7-17(24-20)21(27)25(2)3/h4-9,11H,10,12,23H2,1-3H3,(H,28,29)/p-1/b15-9-. The summed E-state index contributed by atoms with van der Waals surface area (Å²) in [5.41, 5.74) is 8.74. The highest BCUT2D eigenvalue weighted by atomic mass is 32.2. The summed E-state index contributed by atoms with van der Waals surface area (Å²) in [4.78, 5) is 18.5. The van der Waals surface area contributed by atoms with Gasteiger partial charge in [0.25, 0.3) is 5.91 Å². The largest absolute Gasteiger partial charge is 0.768 e. The van der Waals surface area contributed by atoms with E-state index in [2.05, 4.69) is 4.98 Å². The van der Waals surface area contributed by atoms with E-state index in [0.717, 1.165) is 0 Å². The molecule has 1 atom stereocenters. The second-order valence-electron chi connectivity index (χ2n) is 6.96. The van der Waals surface area contributed by atoms with Crippen LogP contribution in [0.2, 0.25) is 0 Å². The Morgan fingerprint density at radius 2 is 2.07 bits per heavy atom. The quantitative estimate of drug-likeness (QED) is 0.607. The molecule has 2 N–H and O–H groups in total. The second kappa shape index (κ2) is 8.86. The fourth-order valence-corrected chi connectivity index (χ4v) is 3.75. The van der Waals surface area contributed by atoms with Crippen molar-refractivity contribution in [2.75, 3.05) is 20.6 Å². The van der Waals surface area contributed by atoms with Gasteiger partial charge in [0.1, 0.15) is 11.5 Å². The van der Waals surface area contributed by atoms with Gasteiger partial charge in [-0.15, -0.1) is 0 Å². The molecule has 3 rings (SSSR count). The van der Waals surface area contributed by atoms with E-state index in [-0.39, 0.29) is 29.6 Å². The lowest BCUT2D eigenvalue weighted by Crippen LogP contribution is -2.22. The minimum atomic E-state index is -2.40. The molecule has 0 aliphatic rings. The molecule has 9 heteroatoms. The van der Waals surface area contributed by atoms with Gasteiger partial charge in [-0.2, -0.15) is 0 Å². The Morgan fingerprint density at radius 1 is 1.33 bits per heavy atom. The minimum Gasteiger partial charge on any atom is -0.768 e. The molecule has 2 heterocycles. The fraction of sp³-hybridized carbons (Fsp3) is 0.238. The molecule has 30 heavy (non-hydrogen) atoms. The molecule has 0 aliphatic carbocycles. The lowest BCUT2D eigenvalue weighted by Gasteiger charge is -2.10. The second-order valence-corrected chi connectivity index (χ2v) is 7.90. The lowest BCUT2D eigenvalue weighted by atomic mass is 10.0. The summed E-state index contributed by atoms with van der Waals surface area (Å²) in [6.45, 7) is 1.84. The maximum atomic E-state index is 14.3. The zero-order valence-corrected chi connectivity index (χ0v) is 17.7. The summed E-state index contributed by atoms with van der Waals surface area (Å²) in [6.07, 6.45) is 1.30. The number of benzene rings is 1. The first-order valence-electron chi connectivity index (χ1n) is 9.20. The van der Waals surface area contributed by atoms with Crippen LogP contribution in [0.1, 0.15) is 16.2 Å². The number of nitrogens with zero attached hydrogens (tertiary/aromatic N) is 3.